The van der Waals surface area contributed by atoms with Crippen molar-refractivity contribution < 1.29 is 4.74 Å². The molecule has 0 radical (unpaired) electrons. The highest BCUT2D eigenvalue weighted by Crippen LogP contribution is 2.29. The molecule has 21 heavy (non-hydrogen) atoms. The van der Waals surface area contributed by atoms with Crippen molar-refractivity contribution in [2.45, 2.75) is 0 Å². The number of para-hydroxylation sites is 1. The summed E-state index contributed by atoms with van der Waals surface area (Å²) in [6.07, 6.45) is 1.91. The SMILES string of the molecule is N#CCOc1nn(-c2ccccc2)cc1-c1ccccc1. The number of nitrogens with zero attached hydrogens (tertiary/aromatic N) is 3. The van der Waals surface area contributed by atoms with Crippen molar-refractivity contribution in [2.75, 3.05) is 6.61 Å². The Labute approximate surface area is 122 Å². The van der Waals surface area contributed by atoms with Crippen LogP contribution in [0.15, 0.2) is 66.9 Å². The molecule has 0 aliphatic rings. The van der Waals surface area contributed by atoms with Gasteiger partial charge in [0.1, 0.15) is 6.07 Å². The molecule has 0 unspecified atom stereocenters. The lowest BCUT2D eigenvalue weighted by molar-refractivity contribution is 0.352. The number of hydrogen-bond acceptors (Lipinski definition) is 3. The maximum absolute atomic E-state index is 8.70. The molecular formula is C17H13N3O. The first-order valence-corrected chi connectivity index (χ1v) is 6.59. The molecule has 0 N–H and O–H groups in total. The van der Waals surface area contributed by atoms with Crippen LogP contribution >= 0.6 is 0 Å². The Balaban J connectivity index is 2.06. The second-order valence-corrected chi connectivity index (χ2v) is 4.44. The molecule has 102 valence electrons. The van der Waals surface area contributed by atoms with E-state index in [-0.39, 0.29) is 6.61 Å². The molecule has 0 spiro atoms. The van der Waals surface area contributed by atoms with E-state index in [1.165, 1.54) is 0 Å². The highest BCUT2D eigenvalue weighted by molar-refractivity contribution is 5.68. The van der Waals surface area contributed by atoms with E-state index in [0.717, 1.165) is 16.8 Å². The van der Waals surface area contributed by atoms with Crippen molar-refractivity contribution in [1.82, 2.24) is 9.78 Å². The third kappa shape index (κ3) is 2.77. The highest BCUT2D eigenvalue weighted by atomic mass is 16.5. The second-order valence-electron chi connectivity index (χ2n) is 4.44. The molecule has 2 aromatic carbocycles. The summed E-state index contributed by atoms with van der Waals surface area (Å²) in [5.41, 5.74) is 2.82. The van der Waals surface area contributed by atoms with E-state index >= 15 is 0 Å². The van der Waals surface area contributed by atoms with Crippen LogP contribution in [0.2, 0.25) is 0 Å². The van der Waals surface area contributed by atoms with Gasteiger partial charge in [0.25, 0.3) is 0 Å². The van der Waals surface area contributed by atoms with Gasteiger partial charge in [-0.05, 0) is 17.7 Å². The Morgan fingerprint density at radius 3 is 2.33 bits per heavy atom. The molecule has 4 nitrogen and oxygen atoms in total. The largest absolute Gasteiger partial charge is 0.461 e. The summed E-state index contributed by atoms with van der Waals surface area (Å²) in [5, 5.41) is 13.1. The van der Waals surface area contributed by atoms with Gasteiger partial charge in [0.05, 0.1) is 11.3 Å². The topological polar surface area (TPSA) is 50.8 Å². The average molecular weight is 275 g/mol. The molecule has 0 fully saturated rings. The van der Waals surface area contributed by atoms with Crippen LogP contribution in [0.25, 0.3) is 16.8 Å². The van der Waals surface area contributed by atoms with Crippen LogP contribution < -0.4 is 4.74 Å². The molecule has 0 amide bonds. The monoisotopic (exact) mass is 275 g/mol. The number of ether oxygens (including phenoxy) is 1. The van der Waals surface area contributed by atoms with E-state index < -0.39 is 0 Å². The fourth-order valence-electron chi connectivity index (χ4n) is 2.09. The molecule has 0 bridgehead atoms. The predicted molar refractivity (Wildman–Crippen MR) is 80.1 cm³/mol. The molecule has 4 heteroatoms. The van der Waals surface area contributed by atoms with Gasteiger partial charge in [-0.25, -0.2) is 4.68 Å². The Morgan fingerprint density at radius 2 is 1.67 bits per heavy atom. The van der Waals surface area contributed by atoms with Gasteiger partial charge in [-0.3, -0.25) is 0 Å². The van der Waals surface area contributed by atoms with Crippen LogP contribution in [0.1, 0.15) is 0 Å². The zero-order chi connectivity index (χ0) is 14.5. The van der Waals surface area contributed by atoms with E-state index in [0.29, 0.717) is 5.88 Å². The Hall–Kier alpha value is -3.06. The van der Waals surface area contributed by atoms with E-state index in [2.05, 4.69) is 5.10 Å². The van der Waals surface area contributed by atoms with Gasteiger partial charge in [0, 0.05) is 6.20 Å². The van der Waals surface area contributed by atoms with Crippen LogP contribution in [0.4, 0.5) is 0 Å². The minimum absolute atomic E-state index is 0.0222. The van der Waals surface area contributed by atoms with Gasteiger partial charge in [0.2, 0.25) is 5.88 Å². The van der Waals surface area contributed by atoms with Gasteiger partial charge in [-0.15, -0.1) is 5.10 Å². The molecule has 0 saturated carbocycles. The zero-order valence-electron chi connectivity index (χ0n) is 11.3. The standard InChI is InChI=1S/C17H13N3O/c18-11-12-21-17-16(14-7-3-1-4-8-14)13-20(19-17)15-9-5-2-6-10-15/h1-10,13H,12H2. The van der Waals surface area contributed by atoms with Crippen LogP contribution in [0.3, 0.4) is 0 Å². The highest BCUT2D eigenvalue weighted by Gasteiger charge is 2.13. The van der Waals surface area contributed by atoms with Gasteiger partial charge >= 0.3 is 0 Å². The molecule has 0 aliphatic carbocycles. The van der Waals surface area contributed by atoms with Crippen LogP contribution in [-0.2, 0) is 0 Å². The zero-order valence-corrected chi connectivity index (χ0v) is 11.3. The normalized spacial score (nSPS) is 10.0. The molecule has 3 rings (SSSR count). The third-order valence-corrected chi connectivity index (χ3v) is 3.06. The number of nitriles is 1. The summed E-state index contributed by atoms with van der Waals surface area (Å²) >= 11 is 0. The van der Waals surface area contributed by atoms with E-state index in [4.69, 9.17) is 10.00 Å². The maximum Gasteiger partial charge on any atom is 0.242 e. The fourth-order valence-corrected chi connectivity index (χ4v) is 2.09. The first-order chi connectivity index (χ1) is 10.4. The Kier molecular flexibility index (Phi) is 3.66. The van der Waals surface area contributed by atoms with Gasteiger partial charge < -0.3 is 4.74 Å². The molecule has 1 heterocycles. The lowest BCUT2D eigenvalue weighted by atomic mass is 10.1. The molecule has 0 aliphatic heterocycles. The minimum atomic E-state index is -0.0222. The molecular weight excluding hydrogens is 262 g/mol. The van der Waals surface area contributed by atoms with Gasteiger partial charge in [-0.2, -0.15) is 5.26 Å². The van der Waals surface area contributed by atoms with Crippen molar-refractivity contribution in [2.24, 2.45) is 0 Å². The summed E-state index contributed by atoms with van der Waals surface area (Å²) in [6.45, 7) is -0.0222. The predicted octanol–water partition coefficient (Wildman–Crippen LogP) is 3.44. The van der Waals surface area contributed by atoms with Gasteiger partial charge in [0.15, 0.2) is 6.61 Å². The van der Waals surface area contributed by atoms with Crippen LogP contribution in [-0.4, -0.2) is 16.4 Å². The van der Waals surface area contributed by atoms with Crippen LogP contribution in [0.5, 0.6) is 5.88 Å². The van der Waals surface area contributed by atoms with Crippen LogP contribution in [0, 0.1) is 11.3 Å². The quantitative estimate of drug-likeness (QED) is 0.733. The summed E-state index contributed by atoms with van der Waals surface area (Å²) in [4.78, 5) is 0. The van der Waals surface area contributed by atoms with Crippen molar-refractivity contribution in [3.05, 3.63) is 66.9 Å². The Morgan fingerprint density at radius 1 is 1.00 bits per heavy atom. The average Bonchev–Trinajstić information content (AvgIpc) is 2.99. The second kappa shape index (κ2) is 5.93. The maximum atomic E-state index is 8.70. The lowest BCUT2D eigenvalue weighted by Crippen LogP contribution is -1.98. The number of rotatable bonds is 4. The fraction of sp³-hybridized carbons (Fsp3) is 0.0588. The van der Waals surface area contributed by atoms with Crippen molar-refractivity contribution in [3.63, 3.8) is 0 Å². The number of benzene rings is 2. The molecule has 0 atom stereocenters. The van der Waals surface area contributed by atoms with E-state index in [9.17, 15) is 0 Å². The van der Waals surface area contributed by atoms with Crippen molar-refractivity contribution in [3.8, 4) is 28.8 Å². The summed E-state index contributed by atoms with van der Waals surface area (Å²) in [6, 6.07) is 21.6. The molecule has 0 saturated heterocycles. The Bertz CT molecular complexity index is 758. The first-order valence-electron chi connectivity index (χ1n) is 6.59. The minimum Gasteiger partial charge on any atom is -0.461 e. The number of aromatic nitrogens is 2. The smallest absolute Gasteiger partial charge is 0.242 e. The summed E-state index contributed by atoms with van der Waals surface area (Å²) < 4.78 is 7.21. The molecule has 1 aromatic heterocycles. The molecule has 3 aromatic rings. The summed E-state index contributed by atoms with van der Waals surface area (Å²) in [7, 11) is 0. The summed E-state index contributed by atoms with van der Waals surface area (Å²) in [5.74, 6) is 0.464. The van der Waals surface area contributed by atoms with Gasteiger partial charge in [-0.1, -0.05) is 48.5 Å². The van der Waals surface area contributed by atoms with Crippen molar-refractivity contribution >= 4 is 0 Å². The first kappa shape index (κ1) is 12.9. The number of hydrogen-bond donors (Lipinski definition) is 0. The lowest BCUT2D eigenvalue weighted by Gasteiger charge is -2.01. The third-order valence-electron chi connectivity index (χ3n) is 3.06. The van der Waals surface area contributed by atoms with E-state index in [1.54, 1.807) is 4.68 Å². The van der Waals surface area contributed by atoms with E-state index in [1.807, 2.05) is 72.9 Å². The van der Waals surface area contributed by atoms with Crippen molar-refractivity contribution in [1.29, 1.82) is 5.26 Å².